The Morgan fingerprint density at radius 2 is 1.46 bits per heavy atom. The second-order valence-corrected chi connectivity index (χ2v) is 5.14. The van der Waals surface area contributed by atoms with Gasteiger partial charge >= 0.3 is 12.4 Å². The van der Waals surface area contributed by atoms with Crippen molar-refractivity contribution < 1.29 is 36.2 Å². The molecule has 1 aromatic rings. The van der Waals surface area contributed by atoms with E-state index in [9.17, 15) is 36.2 Å². The molecule has 136 valence electrons. The summed E-state index contributed by atoms with van der Waals surface area (Å²) < 4.78 is 76.8. The molecule has 0 atom stereocenters. The van der Waals surface area contributed by atoms with E-state index in [1.807, 2.05) is 0 Å². The molecule has 0 spiro atoms. The monoisotopic (exact) mass is 357 g/mol. The number of alkyl halides is 6. The molecule has 1 amide bonds. The number of carbonyl (C=O) groups is 1. The van der Waals surface area contributed by atoms with Crippen LogP contribution in [0.25, 0.3) is 0 Å². The molecule has 0 heterocycles. The van der Waals surface area contributed by atoms with Crippen LogP contribution in [0.2, 0.25) is 0 Å². The average molecular weight is 357 g/mol. The first-order valence-corrected chi connectivity index (χ1v) is 7.16. The van der Waals surface area contributed by atoms with Crippen LogP contribution in [0.4, 0.5) is 32.0 Å². The van der Waals surface area contributed by atoms with Crippen molar-refractivity contribution in [1.29, 1.82) is 0 Å². The lowest BCUT2D eigenvalue weighted by molar-refractivity contribution is -0.376. The number of anilines is 1. The van der Waals surface area contributed by atoms with Gasteiger partial charge in [0.15, 0.2) is 0 Å². The summed E-state index contributed by atoms with van der Waals surface area (Å²) in [7, 11) is 0. The molecule has 0 bridgehead atoms. The van der Waals surface area contributed by atoms with Gasteiger partial charge in [-0.05, 0) is 25.5 Å². The topological polar surface area (TPSA) is 40.5 Å². The summed E-state index contributed by atoms with van der Waals surface area (Å²) in [6.45, 7) is 3.60. The third-order valence-corrected chi connectivity index (χ3v) is 3.50. The summed E-state index contributed by atoms with van der Waals surface area (Å²) in [5.41, 5.74) is -6.17. The number of benzene rings is 1. The number of hydrogen-bond donors (Lipinski definition) is 1. The largest absolute Gasteiger partial charge is 0.430 e. The lowest BCUT2D eigenvalue weighted by Crippen LogP contribution is -2.53. The van der Waals surface area contributed by atoms with Gasteiger partial charge in [0.05, 0.1) is 0 Å². The van der Waals surface area contributed by atoms with E-state index in [2.05, 4.69) is 0 Å². The molecule has 0 aliphatic heterocycles. The van der Waals surface area contributed by atoms with Crippen LogP contribution < -0.4 is 4.90 Å². The molecule has 0 unspecified atom stereocenters. The summed E-state index contributed by atoms with van der Waals surface area (Å²) in [4.78, 5) is 13.1. The molecule has 0 fully saturated rings. The van der Waals surface area contributed by atoms with E-state index >= 15 is 0 Å². The minimum absolute atomic E-state index is 0.159. The van der Waals surface area contributed by atoms with Gasteiger partial charge in [0.25, 0.3) is 5.60 Å². The Kier molecular flexibility index (Phi) is 5.91. The van der Waals surface area contributed by atoms with Gasteiger partial charge in [-0.1, -0.05) is 19.1 Å². The maximum atomic E-state index is 12.8. The van der Waals surface area contributed by atoms with Crippen molar-refractivity contribution in [3.8, 4) is 0 Å². The number of amides is 1. The summed E-state index contributed by atoms with van der Waals surface area (Å²) in [5.74, 6) is -0.297. The highest BCUT2D eigenvalue weighted by Crippen LogP contribution is 2.50. The molecule has 0 aliphatic rings. The number of carbonyl (C=O) groups excluding carboxylic acids is 1. The Morgan fingerprint density at radius 3 is 1.79 bits per heavy atom. The first kappa shape index (κ1) is 20.3. The Bertz CT molecular complexity index is 551. The first-order valence-electron chi connectivity index (χ1n) is 7.16. The molecule has 1 rings (SSSR count). The Hall–Kier alpha value is -1.77. The van der Waals surface area contributed by atoms with Gasteiger partial charge in [0, 0.05) is 24.2 Å². The molecule has 0 aromatic heterocycles. The van der Waals surface area contributed by atoms with Crippen molar-refractivity contribution >= 4 is 11.6 Å². The highest BCUT2D eigenvalue weighted by Gasteiger charge is 2.71. The smallest absolute Gasteiger partial charge is 0.369 e. The van der Waals surface area contributed by atoms with E-state index in [1.165, 1.54) is 4.90 Å². The fourth-order valence-electron chi connectivity index (χ4n) is 2.22. The quantitative estimate of drug-likeness (QED) is 0.805. The Labute approximate surface area is 134 Å². The second-order valence-electron chi connectivity index (χ2n) is 5.14. The summed E-state index contributed by atoms with van der Waals surface area (Å²) in [6.07, 6.45) is -11.1. The van der Waals surface area contributed by atoms with Gasteiger partial charge in [0.1, 0.15) is 0 Å². The Morgan fingerprint density at radius 1 is 1.00 bits per heavy atom. The highest BCUT2D eigenvalue weighted by molar-refractivity contribution is 5.93. The molecule has 0 saturated carbocycles. The SMILES string of the molecule is CCCC(=O)N(CC)c1ccc(C(O)(C(F)(F)F)C(F)(F)F)cc1. The number of nitrogens with zero attached hydrogens (tertiary/aromatic N) is 1. The number of halogens is 6. The molecule has 1 N–H and O–H groups in total. The van der Waals surface area contributed by atoms with E-state index in [-0.39, 0.29) is 24.6 Å². The molecule has 3 nitrogen and oxygen atoms in total. The molecule has 9 heteroatoms. The lowest BCUT2D eigenvalue weighted by Gasteiger charge is -2.33. The number of hydrogen-bond acceptors (Lipinski definition) is 2. The van der Waals surface area contributed by atoms with Gasteiger partial charge in [0.2, 0.25) is 5.91 Å². The summed E-state index contributed by atoms with van der Waals surface area (Å²) in [6, 6.07) is 2.96. The minimum atomic E-state index is -5.94. The maximum absolute atomic E-state index is 12.8. The predicted molar refractivity (Wildman–Crippen MR) is 75.4 cm³/mol. The molecule has 1 aromatic carbocycles. The standard InChI is InChI=1S/C15H17F6NO2/c1-3-5-12(23)22(4-2)11-8-6-10(7-9-11)13(24,14(16,17)18)15(19,20)21/h6-9,24H,3-5H2,1-2H3. The minimum Gasteiger partial charge on any atom is -0.369 e. The lowest BCUT2D eigenvalue weighted by atomic mass is 9.92. The third-order valence-electron chi connectivity index (χ3n) is 3.50. The van der Waals surface area contributed by atoms with Crippen molar-refractivity contribution in [3.63, 3.8) is 0 Å². The zero-order valence-electron chi connectivity index (χ0n) is 13.0. The van der Waals surface area contributed by atoms with Gasteiger partial charge in [-0.25, -0.2) is 0 Å². The normalized spacial score (nSPS) is 13.0. The van der Waals surface area contributed by atoms with Crippen molar-refractivity contribution in [1.82, 2.24) is 0 Å². The van der Waals surface area contributed by atoms with Crippen LogP contribution in [0.1, 0.15) is 32.3 Å². The zero-order valence-corrected chi connectivity index (χ0v) is 13.0. The molecule has 0 radical (unpaired) electrons. The van der Waals surface area contributed by atoms with Crippen LogP contribution in [-0.2, 0) is 10.4 Å². The molecule has 0 aliphatic carbocycles. The van der Waals surface area contributed by atoms with E-state index in [4.69, 9.17) is 0 Å². The Balaban J connectivity index is 3.28. The first-order chi connectivity index (χ1) is 10.9. The van der Waals surface area contributed by atoms with Crippen LogP contribution in [-0.4, -0.2) is 29.9 Å². The highest BCUT2D eigenvalue weighted by atomic mass is 19.4. The average Bonchev–Trinajstić information content (AvgIpc) is 2.46. The third kappa shape index (κ3) is 3.66. The van der Waals surface area contributed by atoms with Gasteiger partial charge in [-0.2, -0.15) is 26.3 Å². The predicted octanol–water partition coefficient (Wildman–Crippen LogP) is 4.15. The van der Waals surface area contributed by atoms with Crippen molar-refractivity contribution in [2.45, 2.75) is 44.6 Å². The molecule has 0 saturated heterocycles. The van der Waals surface area contributed by atoms with Crippen LogP contribution in [0.15, 0.2) is 24.3 Å². The van der Waals surface area contributed by atoms with E-state index in [0.717, 1.165) is 12.1 Å². The van der Waals surface area contributed by atoms with Crippen molar-refractivity contribution in [3.05, 3.63) is 29.8 Å². The van der Waals surface area contributed by atoms with E-state index in [0.29, 0.717) is 18.6 Å². The fraction of sp³-hybridized carbons (Fsp3) is 0.533. The zero-order chi connectivity index (χ0) is 18.8. The van der Waals surface area contributed by atoms with Gasteiger partial charge in [-0.15, -0.1) is 0 Å². The molecular formula is C15H17F6NO2. The van der Waals surface area contributed by atoms with E-state index in [1.54, 1.807) is 13.8 Å². The maximum Gasteiger partial charge on any atom is 0.430 e. The van der Waals surface area contributed by atoms with Crippen molar-refractivity contribution in [2.24, 2.45) is 0 Å². The van der Waals surface area contributed by atoms with Crippen molar-refractivity contribution in [2.75, 3.05) is 11.4 Å². The fourth-order valence-corrected chi connectivity index (χ4v) is 2.22. The van der Waals surface area contributed by atoms with Gasteiger partial charge < -0.3 is 10.0 Å². The van der Waals surface area contributed by atoms with Crippen LogP contribution in [0.5, 0.6) is 0 Å². The second kappa shape index (κ2) is 7.00. The molecular weight excluding hydrogens is 340 g/mol. The van der Waals surface area contributed by atoms with Crippen LogP contribution in [0.3, 0.4) is 0 Å². The number of aliphatic hydroxyl groups is 1. The van der Waals surface area contributed by atoms with E-state index < -0.39 is 23.5 Å². The summed E-state index contributed by atoms with van der Waals surface area (Å²) in [5, 5.41) is 9.31. The van der Waals surface area contributed by atoms with Crippen LogP contribution in [0, 0.1) is 0 Å². The van der Waals surface area contributed by atoms with Crippen LogP contribution >= 0.6 is 0 Å². The molecule has 24 heavy (non-hydrogen) atoms. The summed E-state index contributed by atoms with van der Waals surface area (Å²) >= 11 is 0. The van der Waals surface area contributed by atoms with Gasteiger partial charge in [-0.3, -0.25) is 4.79 Å². The number of rotatable bonds is 5.